The monoisotopic (exact) mass is 334 g/mol. The van der Waals surface area contributed by atoms with Gasteiger partial charge in [-0.1, -0.05) is 25.6 Å². The van der Waals surface area contributed by atoms with Gasteiger partial charge in [-0.25, -0.2) is 13.4 Å². The number of aliphatic carboxylic acids is 1. The molecule has 0 spiro atoms. The molecule has 8 heteroatoms. The predicted molar refractivity (Wildman–Crippen MR) is 83.6 cm³/mol. The summed E-state index contributed by atoms with van der Waals surface area (Å²) in [5.74, 6) is -0.858. The van der Waals surface area contributed by atoms with Gasteiger partial charge in [0.25, 0.3) is 0 Å². The lowest BCUT2D eigenvalue weighted by atomic mass is 10.1. The second kappa shape index (κ2) is 6.39. The highest BCUT2D eigenvalue weighted by Crippen LogP contribution is 2.27. The van der Waals surface area contributed by atoms with Crippen LogP contribution in [0.25, 0.3) is 0 Å². The topological polar surface area (TPSA) is 89.3 Å². The molecule has 6 nitrogen and oxygen atoms in total. The van der Waals surface area contributed by atoms with Gasteiger partial charge in [-0.15, -0.1) is 0 Å². The van der Waals surface area contributed by atoms with Gasteiger partial charge in [-0.2, -0.15) is 0 Å². The van der Waals surface area contributed by atoms with E-state index in [1.165, 1.54) is 6.26 Å². The molecule has 1 heterocycles. The molecule has 0 fully saturated rings. The van der Waals surface area contributed by atoms with E-state index in [0.29, 0.717) is 5.16 Å². The quantitative estimate of drug-likeness (QED) is 0.767. The highest BCUT2D eigenvalue weighted by Gasteiger charge is 2.32. The van der Waals surface area contributed by atoms with Crippen molar-refractivity contribution in [2.45, 2.75) is 50.1 Å². The third kappa shape index (κ3) is 4.47. The summed E-state index contributed by atoms with van der Waals surface area (Å²) in [6.07, 6.45) is 2.90. The van der Waals surface area contributed by atoms with Gasteiger partial charge in [-0.05, 0) is 19.8 Å². The van der Waals surface area contributed by atoms with Crippen LogP contribution in [0.4, 0.5) is 0 Å². The van der Waals surface area contributed by atoms with E-state index in [1.54, 1.807) is 20.0 Å². The van der Waals surface area contributed by atoms with Gasteiger partial charge in [0.15, 0.2) is 15.0 Å². The third-order valence-electron chi connectivity index (χ3n) is 3.31. The van der Waals surface area contributed by atoms with Crippen LogP contribution in [-0.4, -0.2) is 45.8 Å². The highest BCUT2D eigenvalue weighted by atomic mass is 32.2. The summed E-state index contributed by atoms with van der Waals surface area (Å²) < 4.78 is 24.7. The predicted octanol–water partition coefficient (Wildman–Crippen LogP) is 2.01. The Morgan fingerprint density at radius 3 is 2.48 bits per heavy atom. The van der Waals surface area contributed by atoms with E-state index in [0.717, 1.165) is 17.5 Å². The molecular formula is C13H22N2O4S2. The fourth-order valence-electron chi connectivity index (χ4n) is 1.73. The van der Waals surface area contributed by atoms with E-state index in [1.807, 2.05) is 18.4 Å². The van der Waals surface area contributed by atoms with Crippen molar-refractivity contribution in [1.29, 1.82) is 0 Å². The number of hydrogen-bond donors (Lipinski definition) is 1. The number of thioether (sulfide) groups is 1. The molecule has 1 aromatic rings. The van der Waals surface area contributed by atoms with E-state index in [-0.39, 0.29) is 18.2 Å². The van der Waals surface area contributed by atoms with E-state index in [9.17, 15) is 13.2 Å². The molecule has 0 aliphatic rings. The maximum absolute atomic E-state index is 11.9. The average Bonchev–Trinajstić information content (AvgIpc) is 2.67. The molecule has 0 atom stereocenters. The van der Waals surface area contributed by atoms with Gasteiger partial charge in [0, 0.05) is 24.7 Å². The highest BCUT2D eigenvalue weighted by molar-refractivity contribution is 7.99. The summed E-state index contributed by atoms with van der Waals surface area (Å²) >= 11 is 1.10. The zero-order chi connectivity index (χ0) is 16.4. The van der Waals surface area contributed by atoms with Gasteiger partial charge in [-0.3, -0.25) is 4.79 Å². The van der Waals surface area contributed by atoms with Gasteiger partial charge in [0.05, 0.1) is 10.5 Å². The standard InChI is InChI=1S/C13H22N2O4S2/c1-9(2)10-6-14-12(20-7-11(16)17)15(10)8-13(3,4)21(5,18)19/h6,9H,7-8H2,1-5H3,(H,16,17). The van der Waals surface area contributed by atoms with Gasteiger partial charge in [0.1, 0.15) is 0 Å². The van der Waals surface area contributed by atoms with E-state index < -0.39 is 20.6 Å². The van der Waals surface area contributed by atoms with Crippen LogP contribution in [-0.2, 0) is 21.2 Å². The van der Waals surface area contributed by atoms with Crippen LogP contribution in [0, 0.1) is 0 Å². The summed E-state index contributed by atoms with van der Waals surface area (Å²) in [7, 11) is -3.24. The van der Waals surface area contributed by atoms with Crippen LogP contribution in [0.3, 0.4) is 0 Å². The minimum Gasteiger partial charge on any atom is -0.481 e. The molecule has 0 aromatic carbocycles. The number of carbonyl (C=O) groups is 1. The Balaban J connectivity index is 3.18. The van der Waals surface area contributed by atoms with Crippen LogP contribution in [0.1, 0.15) is 39.3 Å². The lowest BCUT2D eigenvalue weighted by Gasteiger charge is -2.25. The molecule has 0 unspecified atom stereocenters. The second-order valence-corrected chi connectivity index (χ2v) is 9.51. The second-order valence-electron chi connectivity index (χ2n) is 5.92. The van der Waals surface area contributed by atoms with Crippen molar-refractivity contribution in [2.75, 3.05) is 12.0 Å². The zero-order valence-corrected chi connectivity index (χ0v) is 14.6. The van der Waals surface area contributed by atoms with Crippen molar-refractivity contribution in [3.8, 4) is 0 Å². The van der Waals surface area contributed by atoms with Crippen molar-refractivity contribution >= 4 is 27.6 Å². The molecule has 0 radical (unpaired) electrons. The number of nitrogens with zero attached hydrogens (tertiary/aromatic N) is 2. The Kier molecular flexibility index (Phi) is 5.49. The molecule has 0 aliphatic carbocycles. The van der Waals surface area contributed by atoms with Gasteiger partial charge >= 0.3 is 5.97 Å². The summed E-state index contributed by atoms with van der Waals surface area (Å²) in [6.45, 7) is 7.57. The smallest absolute Gasteiger partial charge is 0.313 e. The van der Waals surface area contributed by atoms with Crippen LogP contribution in [0.5, 0.6) is 0 Å². The number of aromatic nitrogens is 2. The molecule has 1 rings (SSSR count). The SMILES string of the molecule is CC(C)c1cnc(SCC(=O)O)n1CC(C)(C)S(C)(=O)=O. The first-order chi connectivity index (χ1) is 9.45. The minimum absolute atomic E-state index is 0.103. The van der Waals surface area contributed by atoms with Crippen molar-refractivity contribution in [3.63, 3.8) is 0 Å². The number of carboxylic acids is 1. The minimum atomic E-state index is -3.24. The number of imidazole rings is 1. The van der Waals surface area contributed by atoms with E-state index in [2.05, 4.69) is 4.98 Å². The summed E-state index contributed by atoms with van der Waals surface area (Å²) in [5, 5.41) is 9.33. The molecular weight excluding hydrogens is 312 g/mol. The largest absolute Gasteiger partial charge is 0.481 e. The molecule has 0 saturated heterocycles. The Morgan fingerprint density at radius 2 is 2.05 bits per heavy atom. The number of carboxylic acid groups (broad SMARTS) is 1. The third-order valence-corrected chi connectivity index (χ3v) is 6.42. The number of hydrogen-bond acceptors (Lipinski definition) is 5. The molecule has 1 aromatic heterocycles. The van der Waals surface area contributed by atoms with Gasteiger partial charge < -0.3 is 9.67 Å². The molecule has 0 bridgehead atoms. The average molecular weight is 334 g/mol. The summed E-state index contributed by atoms with van der Waals surface area (Å²) in [6, 6.07) is 0. The maximum Gasteiger partial charge on any atom is 0.313 e. The van der Waals surface area contributed by atoms with Crippen LogP contribution >= 0.6 is 11.8 Å². The number of rotatable bonds is 7. The Hall–Kier alpha value is -1.02. The first kappa shape index (κ1) is 18.0. The molecule has 120 valence electrons. The normalized spacial score (nSPS) is 12.9. The van der Waals surface area contributed by atoms with E-state index in [4.69, 9.17) is 5.11 Å². The Morgan fingerprint density at radius 1 is 1.48 bits per heavy atom. The number of sulfone groups is 1. The van der Waals surface area contributed by atoms with Crippen LogP contribution in [0.15, 0.2) is 11.4 Å². The van der Waals surface area contributed by atoms with Crippen LogP contribution in [0.2, 0.25) is 0 Å². The first-order valence-electron chi connectivity index (χ1n) is 6.55. The van der Waals surface area contributed by atoms with Crippen molar-refractivity contribution in [3.05, 3.63) is 11.9 Å². The zero-order valence-electron chi connectivity index (χ0n) is 13.0. The molecule has 0 aliphatic heterocycles. The summed E-state index contributed by atoms with van der Waals surface area (Å²) in [4.78, 5) is 15.0. The molecule has 21 heavy (non-hydrogen) atoms. The van der Waals surface area contributed by atoms with E-state index >= 15 is 0 Å². The van der Waals surface area contributed by atoms with Gasteiger partial charge in [0.2, 0.25) is 0 Å². The lowest BCUT2D eigenvalue weighted by Crippen LogP contribution is -2.36. The van der Waals surface area contributed by atoms with Crippen molar-refractivity contribution < 1.29 is 18.3 Å². The molecule has 0 amide bonds. The Labute approximate surface area is 129 Å². The maximum atomic E-state index is 11.9. The Bertz CT molecular complexity index is 618. The lowest BCUT2D eigenvalue weighted by molar-refractivity contribution is -0.133. The van der Waals surface area contributed by atoms with Crippen molar-refractivity contribution in [2.24, 2.45) is 0 Å². The summed E-state index contributed by atoms with van der Waals surface area (Å²) in [5.41, 5.74) is 0.902. The molecule has 0 saturated carbocycles. The fourth-order valence-corrected chi connectivity index (χ4v) is 2.80. The van der Waals surface area contributed by atoms with Crippen LogP contribution < -0.4 is 0 Å². The van der Waals surface area contributed by atoms with Crippen molar-refractivity contribution in [1.82, 2.24) is 9.55 Å². The fraction of sp³-hybridized carbons (Fsp3) is 0.692. The first-order valence-corrected chi connectivity index (χ1v) is 9.43. The molecule has 1 N–H and O–H groups in total.